The van der Waals surface area contributed by atoms with Crippen LogP contribution < -0.4 is 4.72 Å². The molecular formula is C11H15F2NO3S. The van der Waals surface area contributed by atoms with Gasteiger partial charge >= 0.3 is 0 Å². The van der Waals surface area contributed by atoms with Gasteiger partial charge in [0, 0.05) is 6.54 Å². The summed E-state index contributed by atoms with van der Waals surface area (Å²) in [5.41, 5.74) is -1.27. The van der Waals surface area contributed by atoms with Crippen LogP contribution in [0.5, 0.6) is 0 Å². The summed E-state index contributed by atoms with van der Waals surface area (Å²) >= 11 is 0. The van der Waals surface area contributed by atoms with Crippen molar-refractivity contribution in [2.24, 2.45) is 0 Å². The van der Waals surface area contributed by atoms with Gasteiger partial charge in [-0.1, -0.05) is 13.0 Å². The molecule has 0 spiro atoms. The van der Waals surface area contributed by atoms with Crippen LogP contribution in [0.25, 0.3) is 0 Å². The van der Waals surface area contributed by atoms with E-state index in [4.69, 9.17) is 0 Å². The average molecular weight is 279 g/mol. The van der Waals surface area contributed by atoms with Gasteiger partial charge < -0.3 is 5.11 Å². The minimum Gasteiger partial charge on any atom is -0.389 e. The van der Waals surface area contributed by atoms with Crippen LogP contribution in [0.15, 0.2) is 23.1 Å². The van der Waals surface area contributed by atoms with Crippen molar-refractivity contribution >= 4 is 10.0 Å². The lowest BCUT2D eigenvalue weighted by Gasteiger charge is -2.21. The molecule has 102 valence electrons. The number of benzene rings is 1. The molecule has 0 amide bonds. The molecule has 0 heterocycles. The maximum atomic E-state index is 13.3. The zero-order valence-electron chi connectivity index (χ0n) is 10.1. The maximum Gasteiger partial charge on any atom is 0.246 e. The molecule has 0 aliphatic carbocycles. The third kappa shape index (κ3) is 3.47. The zero-order chi connectivity index (χ0) is 14.0. The third-order valence-corrected chi connectivity index (χ3v) is 4.04. The van der Waals surface area contributed by atoms with E-state index in [1.165, 1.54) is 6.92 Å². The van der Waals surface area contributed by atoms with Crippen molar-refractivity contribution in [1.82, 2.24) is 4.72 Å². The van der Waals surface area contributed by atoms with Crippen LogP contribution in [0, 0.1) is 11.6 Å². The molecule has 0 bridgehead atoms. The molecule has 1 rings (SSSR count). The lowest BCUT2D eigenvalue weighted by atomic mass is 10.1. The fraction of sp³-hybridized carbons (Fsp3) is 0.455. The van der Waals surface area contributed by atoms with Gasteiger partial charge in [0.25, 0.3) is 0 Å². The molecular weight excluding hydrogens is 264 g/mol. The van der Waals surface area contributed by atoms with Crippen molar-refractivity contribution in [1.29, 1.82) is 0 Å². The van der Waals surface area contributed by atoms with E-state index in [0.717, 1.165) is 18.2 Å². The number of rotatable bonds is 5. The Hall–Kier alpha value is -1.05. The lowest BCUT2D eigenvalue weighted by molar-refractivity contribution is 0.0613. The van der Waals surface area contributed by atoms with E-state index >= 15 is 0 Å². The van der Waals surface area contributed by atoms with E-state index in [1.807, 2.05) is 4.72 Å². The number of sulfonamides is 1. The van der Waals surface area contributed by atoms with Crippen LogP contribution in [0.2, 0.25) is 0 Å². The van der Waals surface area contributed by atoms with Crippen molar-refractivity contribution < 1.29 is 22.3 Å². The SMILES string of the molecule is CCC(C)(O)CNS(=O)(=O)c1c(F)cccc1F. The molecule has 7 heteroatoms. The van der Waals surface area contributed by atoms with Crippen molar-refractivity contribution in [3.05, 3.63) is 29.8 Å². The molecule has 1 aromatic rings. The molecule has 0 saturated heterocycles. The predicted molar refractivity (Wildman–Crippen MR) is 62.5 cm³/mol. The molecule has 0 aromatic heterocycles. The van der Waals surface area contributed by atoms with Gasteiger partial charge in [-0.05, 0) is 25.5 Å². The zero-order valence-corrected chi connectivity index (χ0v) is 10.9. The van der Waals surface area contributed by atoms with Crippen LogP contribution >= 0.6 is 0 Å². The van der Waals surface area contributed by atoms with E-state index in [2.05, 4.69) is 0 Å². The lowest BCUT2D eigenvalue weighted by Crippen LogP contribution is -2.40. The molecule has 1 unspecified atom stereocenters. The van der Waals surface area contributed by atoms with Crippen molar-refractivity contribution in [3.63, 3.8) is 0 Å². The molecule has 0 radical (unpaired) electrons. The summed E-state index contributed by atoms with van der Waals surface area (Å²) in [6, 6.07) is 2.79. The highest BCUT2D eigenvalue weighted by atomic mass is 32.2. The van der Waals surface area contributed by atoms with Gasteiger partial charge in [0.15, 0.2) is 4.90 Å². The Morgan fingerprint density at radius 3 is 2.28 bits per heavy atom. The largest absolute Gasteiger partial charge is 0.389 e. The highest BCUT2D eigenvalue weighted by Crippen LogP contribution is 2.18. The Bertz CT molecular complexity index is 509. The molecule has 18 heavy (non-hydrogen) atoms. The van der Waals surface area contributed by atoms with Gasteiger partial charge in [-0.2, -0.15) is 0 Å². The summed E-state index contributed by atoms with van der Waals surface area (Å²) in [6.07, 6.45) is 0.301. The first-order chi connectivity index (χ1) is 8.19. The Labute approximate surface area is 105 Å². The first-order valence-electron chi connectivity index (χ1n) is 5.35. The van der Waals surface area contributed by atoms with Gasteiger partial charge in [-0.15, -0.1) is 0 Å². The van der Waals surface area contributed by atoms with Gasteiger partial charge in [-0.25, -0.2) is 21.9 Å². The fourth-order valence-corrected chi connectivity index (χ4v) is 2.48. The van der Waals surface area contributed by atoms with Crippen molar-refractivity contribution in [3.8, 4) is 0 Å². The number of halogens is 2. The van der Waals surface area contributed by atoms with Crippen molar-refractivity contribution in [2.75, 3.05) is 6.54 Å². The minimum atomic E-state index is -4.32. The summed E-state index contributed by atoms with van der Waals surface area (Å²) in [5.74, 6) is -2.34. The molecule has 1 atom stereocenters. The van der Waals surface area contributed by atoms with Gasteiger partial charge in [0.1, 0.15) is 11.6 Å². The first kappa shape index (κ1) is 15.0. The Morgan fingerprint density at radius 2 is 1.83 bits per heavy atom. The van der Waals surface area contributed by atoms with E-state index in [1.54, 1.807) is 6.92 Å². The standard InChI is InChI=1S/C11H15F2NO3S/c1-3-11(2,15)7-14-18(16,17)10-8(12)5-4-6-9(10)13/h4-6,14-15H,3,7H2,1-2H3. The molecule has 0 saturated carbocycles. The second-order valence-electron chi connectivity index (χ2n) is 4.23. The molecule has 0 fully saturated rings. The quantitative estimate of drug-likeness (QED) is 0.856. The second kappa shape index (κ2) is 5.29. The number of hydrogen-bond acceptors (Lipinski definition) is 3. The van der Waals surface area contributed by atoms with E-state index in [-0.39, 0.29) is 6.54 Å². The fourth-order valence-electron chi connectivity index (χ4n) is 1.19. The number of hydrogen-bond donors (Lipinski definition) is 2. The number of aliphatic hydroxyl groups is 1. The van der Waals surface area contributed by atoms with Gasteiger partial charge in [-0.3, -0.25) is 0 Å². The van der Waals surface area contributed by atoms with Crippen LogP contribution in [0.3, 0.4) is 0 Å². The molecule has 0 aliphatic rings. The van der Waals surface area contributed by atoms with Crippen molar-refractivity contribution in [2.45, 2.75) is 30.8 Å². The first-order valence-corrected chi connectivity index (χ1v) is 6.84. The Balaban J connectivity index is 3.01. The van der Waals surface area contributed by atoms with Gasteiger partial charge in [0.2, 0.25) is 10.0 Å². The monoisotopic (exact) mass is 279 g/mol. The maximum absolute atomic E-state index is 13.3. The number of nitrogens with one attached hydrogen (secondary N) is 1. The molecule has 2 N–H and O–H groups in total. The van der Waals surface area contributed by atoms with Crippen LogP contribution in [-0.2, 0) is 10.0 Å². The molecule has 1 aromatic carbocycles. The highest BCUT2D eigenvalue weighted by molar-refractivity contribution is 7.89. The van der Waals surface area contributed by atoms with Crippen LogP contribution in [0.1, 0.15) is 20.3 Å². The summed E-state index contributed by atoms with van der Waals surface area (Å²) < 4.78 is 52.1. The predicted octanol–water partition coefficient (Wildman–Crippen LogP) is 1.40. The summed E-state index contributed by atoms with van der Waals surface area (Å²) in [7, 11) is -4.32. The Kier molecular flexibility index (Phi) is 4.41. The summed E-state index contributed by atoms with van der Waals surface area (Å²) in [6.45, 7) is 2.77. The Morgan fingerprint density at radius 1 is 1.33 bits per heavy atom. The van der Waals surface area contributed by atoms with Crippen LogP contribution in [0.4, 0.5) is 8.78 Å². The smallest absolute Gasteiger partial charge is 0.246 e. The molecule has 0 aliphatic heterocycles. The minimum absolute atomic E-state index is 0.301. The van der Waals surface area contributed by atoms with E-state index in [0.29, 0.717) is 6.42 Å². The summed E-state index contributed by atoms with van der Waals surface area (Å²) in [4.78, 5) is -1.03. The molecule has 4 nitrogen and oxygen atoms in total. The third-order valence-electron chi connectivity index (χ3n) is 2.59. The topological polar surface area (TPSA) is 66.4 Å². The van der Waals surface area contributed by atoms with E-state index < -0.39 is 32.2 Å². The van der Waals surface area contributed by atoms with Gasteiger partial charge in [0.05, 0.1) is 5.60 Å². The normalized spacial score (nSPS) is 15.4. The highest BCUT2D eigenvalue weighted by Gasteiger charge is 2.27. The van der Waals surface area contributed by atoms with E-state index in [9.17, 15) is 22.3 Å². The van der Waals surface area contributed by atoms with Crippen LogP contribution in [-0.4, -0.2) is 25.7 Å². The summed E-state index contributed by atoms with van der Waals surface area (Å²) in [5, 5.41) is 9.66. The second-order valence-corrected chi connectivity index (χ2v) is 5.93. The average Bonchev–Trinajstić information content (AvgIpc) is 2.26.